The summed E-state index contributed by atoms with van der Waals surface area (Å²) in [5.41, 5.74) is 2.81. The summed E-state index contributed by atoms with van der Waals surface area (Å²) in [5.74, 6) is 1.27. The fourth-order valence-electron chi connectivity index (χ4n) is 5.08. The van der Waals surface area contributed by atoms with Gasteiger partial charge >= 0.3 is 0 Å². The van der Waals surface area contributed by atoms with E-state index in [2.05, 4.69) is 40.6 Å². The molecule has 2 atom stereocenters. The molecule has 4 nitrogen and oxygen atoms in total. The van der Waals surface area contributed by atoms with E-state index in [9.17, 15) is 0 Å². The van der Waals surface area contributed by atoms with Crippen molar-refractivity contribution in [2.45, 2.75) is 57.1 Å². The van der Waals surface area contributed by atoms with Crippen molar-refractivity contribution in [3.63, 3.8) is 0 Å². The summed E-state index contributed by atoms with van der Waals surface area (Å²) in [6.07, 6.45) is 18.1. The molecule has 0 aromatic rings. The van der Waals surface area contributed by atoms with Crippen molar-refractivity contribution in [1.29, 1.82) is 0 Å². The third kappa shape index (κ3) is 2.76. The number of rotatable bonds is 6. The number of allylic oxidation sites excluding steroid dienone is 3. The van der Waals surface area contributed by atoms with Gasteiger partial charge < -0.3 is 15.0 Å². The van der Waals surface area contributed by atoms with E-state index in [1.165, 1.54) is 37.1 Å². The lowest BCUT2D eigenvalue weighted by Crippen LogP contribution is -2.47. The second-order valence-corrected chi connectivity index (χ2v) is 7.85. The highest BCUT2D eigenvalue weighted by atomic mass is 16.5. The van der Waals surface area contributed by atoms with Crippen LogP contribution in [-0.4, -0.2) is 30.8 Å². The van der Waals surface area contributed by atoms with Crippen molar-refractivity contribution < 1.29 is 4.74 Å². The lowest BCUT2D eigenvalue weighted by atomic mass is 9.65. The quantitative estimate of drug-likeness (QED) is 0.721. The summed E-state index contributed by atoms with van der Waals surface area (Å²) in [6.45, 7) is 5.63. The van der Waals surface area contributed by atoms with Gasteiger partial charge in [-0.25, -0.2) is 0 Å². The Labute approximate surface area is 151 Å². The molecule has 1 saturated heterocycles. The van der Waals surface area contributed by atoms with Gasteiger partial charge in [-0.15, -0.1) is 6.58 Å². The predicted octanol–water partition coefficient (Wildman–Crippen LogP) is 3.77. The molecule has 2 fully saturated rings. The minimum atomic E-state index is -0.285. The van der Waals surface area contributed by atoms with E-state index in [0.29, 0.717) is 0 Å². The van der Waals surface area contributed by atoms with Gasteiger partial charge in [-0.3, -0.25) is 5.32 Å². The SMILES string of the molecule is C=CCNC1(CCNC)CC23CCCCC2=CN2C=CCCC2=C3O1. The average Bonchev–Trinajstić information content (AvgIpc) is 2.98. The van der Waals surface area contributed by atoms with Gasteiger partial charge in [0.05, 0.1) is 11.1 Å². The summed E-state index contributed by atoms with van der Waals surface area (Å²) >= 11 is 0. The number of nitrogens with zero attached hydrogens (tertiary/aromatic N) is 1. The lowest BCUT2D eigenvalue weighted by Gasteiger charge is -2.42. The van der Waals surface area contributed by atoms with Crippen molar-refractivity contribution in [1.82, 2.24) is 15.5 Å². The average molecular weight is 341 g/mol. The maximum Gasteiger partial charge on any atom is 0.163 e. The molecule has 0 aromatic carbocycles. The summed E-state index contributed by atoms with van der Waals surface area (Å²) in [6, 6.07) is 0. The Bertz CT molecular complexity index is 635. The van der Waals surface area contributed by atoms with Crippen LogP contribution < -0.4 is 10.6 Å². The predicted molar refractivity (Wildman–Crippen MR) is 101 cm³/mol. The molecular weight excluding hydrogens is 310 g/mol. The molecule has 1 spiro atoms. The maximum absolute atomic E-state index is 6.85. The highest BCUT2D eigenvalue weighted by molar-refractivity contribution is 5.41. The molecule has 2 unspecified atom stereocenters. The van der Waals surface area contributed by atoms with Crippen molar-refractivity contribution in [3.05, 3.63) is 48.2 Å². The van der Waals surface area contributed by atoms with Crippen molar-refractivity contribution in [2.24, 2.45) is 5.41 Å². The van der Waals surface area contributed by atoms with Crippen LogP contribution in [0.4, 0.5) is 0 Å². The minimum Gasteiger partial charge on any atom is -0.474 e. The summed E-state index contributed by atoms with van der Waals surface area (Å²) in [5, 5.41) is 6.99. The molecule has 0 bridgehead atoms. The minimum absolute atomic E-state index is 0.122. The number of hydrogen-bond acceptors (Lipinski definition) is 4. The Morgan fingerprint density at radius 3 is 3.12 bits per heavy atom. The molecule has 3 aliphatic heterocycles. The second kappa shape index (κ2) is 6.65. The largest absolute Gasteiger partial charge is 0.474 e. The molecule has 25 heavy (non-hydrogen) atoms. The molecule has 4 rings (SSSR count). The van der Waals surface area contributed by atoms with Gasteiger partial charge in [0.1, 0.15) is 5.76 Å². The van der Waals surface area contributed by atoms with E-state index in [4.69, 9.17) is 4.74 Å². The molecule has 4 heteroatoms. The molecule has 0 radical (unpaired) electrons. The summed E-state index contributed by atoms with van der Waals surface area (Å²) in [7, 11) is 2.02. The first-order chi connectivity index (χ1) is 12.2. The highest BCUT2D eigenvalue weighted by Crippen LogP contribution is 2.61. The van der Waals surface area contributed by atoms with E-state index in [0.717, 1.165) is 38.8 Å². The highest BCUT2D eigenvalue weighted by Gasteiger charge is 2.58. The van der Waals surface area contributed by atoms with Gasteiger partial charge in [0.2, 0.25) is 0 Å². The standard InChI is InChI=1S/C21H31N3O/c1-3-12-23-21(11-13-22-2)16-20-10-6-4-8-17(20)15-24-14-7-5-9-18(24)19(20)25-21/h3,7,14-15,22-23H,1,4-6,8-13,16H2,2H3. The smallest absolute Gasteiger partial charge is 0.163 e. The zero-order valence-corrected chi connectivity index (χ0v) is 15.4. The third-order valence-electron chi connectivity index (χ3n) is 6.26. The summed E-state index contributed by atoms with van der Waals surface area (Å²) in [4.78, 5) is 2.33. The molecule has 4 aliphatic rings. The first-order valence-corrected chi connectivity index (χ1v) is 9.82. The third-order valence-corrected chi connectivity index (χ3v) is 6.26. The first kappa shape index (κ1) is 16.9. The fraction of sp³-hybridized carbons (Fsp3) is 0.619. The van der Waals surface area contributed by atoms with Crippen LogP contribution in [0.1, 0.15) is 51.4 Å². The topological polar surface area (TPSA) is 36.5 Å². The summed E-state index contributed by atoms with van der Waals surface area (Å²) < 4.78 is 6.85. The van der Waals surface area contributed by atoms with Gasteiger partial charge in [0, 0.05) is 31.8 Å². The maximum atomic E-state index is 6.85. The van der Waals surface area contributed by atoms with Crippen LogP contribution in [0.5, 0.6) is 0 Å². The van der Waals surface area contributed by atoms with Gasteiger partial charge in [0.15, 0.2) is 5.72 Å². The van der Waals surface area contributed by atoms with Gasteiger partial charge in [-0.1, -0.05) is 18.6 Å². The van der Waals surface area contributed by atoms with Crippen LogP contribution in [0.15, 0.2) is 48.2 Å². The molecule has 1 aliphatic carbocycles. The Morgan fingerprint density at radius 1 is 1.36 bits per heavy atom. The zero-order valence-electron chi connectivity index (χ0n) is 15.4. The van der Waals surface area contributed by atoms with E-state index in [1.54, 1.807) is 5.57 Å². The van der Waals surface area contributed by atoms with E-state index >= 15 is 0 Å². The number of hydrogen-bond donors (Lipinski definition) is 2. The Morgan fingerprint density at radius 2 is 2.28 bits per heavy atom. The van der Waals surface area contributed by atoms with Crippen LogP contribution in [0.3, 0.4) is 0 Å². The zero-order chi connectivity index (χ0) is 17.3. The molecule has 136 valence electrons. The molecular formula is C21H31N3O. The fourth-order valence-corrected chi connectivity index (χ4v) is 5.08. The van der Waals surface area contributed by atoms with Crippen LogP contribution >= 0.6 is 0 Å². The Hall–Kier alpha value is -1.52. The second-order valence-electron chi connectivity index (χ2n) is 7.85. The Kier molecular flexibility index (Phi) is 4.50. The molecule has 0 aromatic heterocycles. The van der Waals surface area contributed by atoms with Gasteiger partial charge in [0.25, 0.3) is 0 Å². The van der Waals surface area contributed by atoms with Crippen LogP contribution in [0.25, 0.3) is 0 Å². The van der Waals surface area contributed by atoms with E-state index < -0.39 is 0 Å². The van der Waals surface area contributed by atoms with Gasteiger partial charge in [-0.2, -0.15) is 0 Å². The molecule has 0 amide bonds. The Balaban J connectivity index is 1.76. The molecule has 1 saturated carbocycles. The number of ether oxygens (including phenoxy) is 1. The van der Waals surface area contributed by atoms with Crippen LogP contribution in [0.2, 0.25) is 0 Å². The van der Waals surface area contributed by atoms with Crippen LogP contribution in [-0.2, 0) is 4.74 Å². The van der Waals surface area contributed by atoms with Crippen molar-refractivity contribution >= 4 is 0 Å². The number of fused-ring (bicyclic) bond motifs is 1. The monoisotopic (exact) mass is 341 g/mol. The van der Waals surface area contributed by atoms with E-state index in [-0.39, 0.29) is 11.1 Å². The van der Waals surface area contributed by atoms with E-state index in [1.807, 2.05) is 13.1 Å². The van der Waals surface area contributed by atoms with Crippen molar-refractivity contribution in [3.8, 4) is 0 Å². The van der Waals surface area contributed by atoms with Gasteiger partial charge in [-0.05, 0) is 51.3 Å². The van der Waals surface area contributed by atoms with Crippen molar-refractivity contribution in [2.75, 3.05) is 20.1 Å². The normalized spacial score (nSPS) is 33.3. The molecule has 2 N–H and O–H groups in total. The number of nitrogens with one attached hydrogen (secondary N) is 2. The lowest BCUT2D eigenvalue weighted by molar-refractivity contribution is 0.000184. The first-order valence-electron chi connectivity index (χ1n) is 9.82. The van der Waals surface area contributed by atoms with Crippen LogP contribution in [0, 0.1) is 5.41 Å². The molecule has 3 heterocycles.